The Balaban J connectivity index is 1.34. The molecule has 0 radical (unpaired) electrons. The van der Waals surface area contributed by atoms with Crippen molar-refractivity contribution in [2.24, 2.45) is 5.92 Å². The molecular weight excluding hydrogens is 322 g/mol. The first-order valence-corrected chi connectivity index (χ1v) is 8.59. The number of aromatic nitrogens is 3. The molecule has 1 saturated heterocycles. The van der Waals surface area contributed by atoms with Crippen molar-refractivity contribution in [3.63, 3.8) is 0 Å². The molecule has 0 aliphatic carbocycles. The third kappa shape index (κ3) is 3.16. The molecule has 2 amide bonds. The lowest BCUT2D eigenvalue weighted by atomic mass is 10.0. The van der Waals surface area contributed by atoms with Crippen LogP contribution in [0, 0.1) is 12.8 Å². The molecule has 2 aliphatic rings. The van der Waals surface area contributed by atoms with Crippen LogP contribution in [-0.4, -0.2) is 44.1 Å². The lowest BCUT2D eigenvalue weighted by Crippen LogP contribution is -2.44. The third-order valence-corrected chi connectivity index (χ3v) is 4.99. The standard InChI is InChI=1S/C17H21N5O3/c1-11-19-20-15-5-4-13(9-22(11)15)18-17(24)12-7-16(23)21(8-12)10-14-3-2-6-25-14/h2-3,6,12-13H,4-5,7-10H2,1H3,(H,18,24). The van der Waals surface area contributed by atoms with Crippen molar-refractivity contribution in [1.29, 1.82) is 0 Å². The fourth-order valence-corrected chi connectivity index (χ4v) is 3.59. The number of nitrogens with one attached hydrogen (secondary N) is 1. The summed E-state index contributed by atoms with van der Waals surface area (Å²) in [5.74, 6) is 2.23. The Morgan fingerprint density at radius 3 is 3.08 bits per heavy atom. The molecule has 0 aromatic carbocycles. The molecule has 132 valence electrons. The van der Waals surface area contributed by atoms with Gasteiger partial charge in [-0.15, -0.1) is 10.2 Å². The second-order valence-electron chi connectivity index (χ2n) is 6.77. The number of likely N-dealkylation sites (tertiary alicyclic amines) is 1. The number of rotatable bonds is 4. The fraction of sp³-hybridized carbons (Fsp3) is 0.529. The molecule has 8 nitrogen and oxygen atoms in total. The monoisotopic (exact) mass is 343 g/mol. The van der Waals surface area contributed by atoms with Gasteiger partial charge in [-0.2, -0.15) is 0 Å². The minimum Gasteiger partial charge on any atom is -0.467 e. The smallest absolute Gasteiger partial charge is 0.225 e. The second kappa shape index (κ2) is 6.34. The summed E-state index contributed by atoms with van der Waals surface area (Å²) in [7, 11) is 0. The van der Waals surface area contributed by atoms with Crippen molar-refractivity contribution in [3.8, 4) is 0 Å². The number of nitrogens with zero attached hydrogens (tertiary/aromatic N) is 4. The quantitative estimate of drug-likeness (QED) is 0.880. The molecule has 4 rings (SSSR count). The molecule has 8 heteroatoms. The van der Waals surface area contributed by atoms with Crippen LogP contribution in [0.4, 0.5) is 0 Å². The third-order valence-electron chi connectivity index (χ3n) is 4.99. The molecular formula is C17H21N5O3. The molecule has 2 unspecified atom stereocenters. The normalized spacial score (nSPS) is 22.9. The summed E-state index contributed by atoms with van der Waals surface area (Å²) in [6, 6.07) is 3.69. The topological polar surface area (TPSA) is 93.3 Å². The summed E-state index contributed by atoms with van der Waals surface area (Å²) in [5, 5.41) is 11.3. The van der Waals surface area contributed by atoms with E-state index >= 15 is 0 Å². The Labute approximate surface area is 145 Å². The zero-order valence-corrected chi connectivity index (χ0v) is 14.1. The minimum absolute atomic E-state index is 0.00265. The molecule has 2 atom stereocenters. The van der Waals surface area contributed by atoms with Crippen LogP contribution in [0.2, 0.25) is 0 Å². The first-order chi connectivity index (χ1) is 12.1. The highest BCUT2D eigenvalue weighted by atomic mass is 16.3. The van der Waals surface area contributed by atoms with Gasteiger partial charge in [0.2, 0.25) is 11.8 Å². The molecule has 2 aliphatic heterocycles. The van der Waals surface area contributed by atoms with Gasteiger partial charge in [-0.3, -0.25) is 9.59 Å². The Bertz CT molecular complexity index is 782. The zero-order valence-electron chi connectivity index (χ0n) is 14.1. The maximum Gasteiger partial charge on any atom is 0.225 e. The van der Waals surface area contributed by atoms with Gasteiger partial charge < -0.3 is 19.2 Å². The van der Waals surface area contributed by atoms with Gasteiger partial charge in [-0.1, -0.05) is 0 Å². The minimum atomic E-state index is -0.300. The van der Waals surface area contributed by atoms with Gasteiger partial charge in [0, 0.05) is 32.0 Å². The number of hydrogen-bond donors (Lipinski definition) is 1. The number of aryl methyl sites for hydroxylation is 2. The summed E-state index contributed by atoms with van der Waals surface area (Å²) in [6.07, 6.45) is 3.50. The van der Waals surface area contributed by atoms with Crippen molar-refractivity contribution >= 4 is 11.8 Å². The summed E-state index contributed by atoms with van der Waals surface area (Å²) < 4.78 is 7.34. The van der Waals surface area contributed by atoms with E-state index in [4.69, 9.17) is 4.42 Å². The lowest BCUT2D eigenvalue weighted by Gasteiger charge is -2.26. The maximum absolute atomic E-state index is 12.6. The van der Waals surface area contributed by atoms with Gasteiger partial charge in [0.1, 0.15) is 17.4 Å². The van der Waals surface area contributed by atoms with Gasteiger partial charge >= 0.3 is 0 Å². The number of hydrogen-bond acceptors (Lipinski definition) is 5. The van der Waals surface area contributed by atoms with E-state index in [0.717, 1.165) is 30.3 Å². The molecule has 1 N–H and O–H groups in total. The number of furan rings is 1. The first kappa shape index (κ1) is 15.9. The van der Waals surface area contributed by atoms with E-state index in [0.29, 0.717) is 19.6 Å². The molecule has 4 heterocycles. The molecule has 0 saturated carbocycles. The highest BCUT2D eigenvalue weighted by Gasteiger charge is 2.35. The lowest BCUT2D eigenvalue weighted by molar-refractivity contribution is -0.129. The van der Waals surface area contributed by atoms with Gasteiger partial charge in [0.05, 0.1) is 18.7 Å². The van der Waals surface area contributed by atoms with Gasteiger partial charge in [0.15, 0.2) is 0 Å². The Morgan fingerprint density at radius 1 is 1.40 bits per heavy atom. The van der Waals surface area contributed by atoms with Gasteiger partial charge in [-0.05, 0) is 25.5 Å². The summed E-state index contributed by atoms with van der Waals surface area (Å²) in [5.41, 5.74) is 0. The zero-order chi connectivity index (χ0) is 17.4. The van der Waals surface area contributed by atoms with Gasteiger partial charge in [0.25, 0.3) is 0 Å². The van der Waals surface area contributed by atoms with E-state index in [1.165, 1.54) is 0 Å². The number of carbonyl (C=O) groups is 2. The van der Waals surface area contributed by atoms with E-state index in [1.54, 1.807) is 17.2 Å². The molecule has 0 bridgehead atoms. The highest BCUT2D eigenvalue weighted by Crippen LogP contribution is 2.22. The number of fused-ring (bicyclic) bond motifs is 1. The number of carbonyl (C=O) groups excluding carboxylic acids is 2. The van der Waals surface area contributed by atoms with Crippen LogP contribution in [0.3, 0.4) is 0 Å². The van der Waals surface area contributed by atoms with Crippen molar-refractivity contribution in [1.82, 2.24) is 25.0 Å². The van der Waals surface area contributed by atoms with Crippen LogP contribution >= 0.6 is 0 Å². The Hall–Kier alpha value is -2.64. The van der Waals surface area contributed by atoms with E-state index in [2.05, 4.69) is 20.1 Å². The van der Waals surface area contributed by atoms with Crippen LogP contribution in [-0.2, 0) is 29.1 Å². The molecule has 2 aromatic heterocycles. The Kier molecular flexibility index (Phi) is 4.03. The molecule has 2 aromatic rings. The van der Waals surface area contributed by atoms with Gasteiger partial charge in [-0.25, -0.2) is 0 Å². The average Bonchev–Trinajstić information content (AvgIpc) is 3.31. The predicted octanol–water partition coefficient (Wildman–Crippen LogP) is 0.659. The van der Waals surface area contributed by atoms with E-state index < -0.39 is 0 Å². The van der Waals surface area contributed by atoms with E-state index in [-0.39, 0.29) is 30.2 Å². The summed E-state index contributed by atoms with van der Waals surface area (Å²) in [4.78, 5) is 26.4. The van der Waals surface area contributed by atoms with Crippen LogP contribution in [0.1, 0.15) is 30.3 Å². The average molecular weight is 343 g/mol. The van der Waals surface area contributed by atoms with Crippen LogP contribution < -0.4 is 5.32 Å². The SMILES string of the molecule is Cc1nnc2n1CC(NC(=O)C1CC(=O)N(Cc3ccco3)C1)CC2. The first-order valence-electron chi connectivity index (χ1n) is 8.59. The van der Waals surface area contributed by atoms with Crippen molar-refractivity contribution in [2.45, 2.75) is 45.3 Å². The predicted molar refractivity (Wildman–Crippen MR) is 87.2 cm³/mol. The van der Waals surface area contributed by atoms with Crippen LogP contribution in [0.15, 0.2) is 22.8 Å². The van der Waals surface area contributed by atoms with E-state index in [9.17, 15) is 9.59 Å². The summed E-state index contributed by atoms with van der Waals surface area (Å²) >= 11 is 0. The van der Waals surface area contributed by atoms with Crippen molar-refractivity contribution in [3.05, 3.63) is 35.8 Å². The maximum atomic E-state index is 12.6. The Morgan fingerprint density at radius 2 is 2.28 bits per heavy atom. The largest absolute Gasteiger partial charge is 0.467 e. The fourth-order valence-electron chi connectivity index (χ4n) is 3.59. The van der Waals surface area contributed by atoms with Crippen molar-refractivity contribution < 1.29 is 14.0 Å². The van der Waals surface area contributed by atoms with E-state index in [1.807, 2.05) is 13.0 Å². The second-order valence-corrected chi connectivity index (χ2v) is 6.77. The molecule has 0 spiro atoms. The highest BCUT2D eigenvalue weighted by molar-refractivity contribution is 5.89. The molecule has 25 heavy (non-hydrogen) atoms. The van der Waals surface area contributed by atoms with Crippen LogP contribution in [0.5, 0.6) is 0 Å². The number of amides is 2. The molecule has 1 fully saturated rings. The summed E-state index contributed by atoms with van der Waals surface area (Å²) in [6.45, 7) is 3.47. The van der Waals surface area contributed by atoms with Crippen molar-refractivity contribution in [2.75, 3.05) is 6.54 Å². The van der Waals surface area contributed by atoms with Crippen LogP contribution in [0.25, 0.3) is 0 Å².